The summed E-state index contributed by atoms with van der Waals surface area (Å²) in [5.74, 6) is 1.21. The minimum atomic E-state index is -3.19. The van der Waals surface area contributed by atoms with Gasteiger partial charge in [-0.1, -0.05) is 32.9 Å². The number of sulfonamides is 1. The molecule has 1 heterocycles. The highest BCUT2D eigenvalue weighted by molar-refractivity contribution is 7.88. The van der Waals surface area contributed by atoms with Crippen molar-refractivity contribution in [2.75, 3.05) is 24.7 Å². The maximum Gasteiger partial charge on any atom is 0.227 e. The van der Waals surface area contributed by atoms with Crippen LogP contribution in [0.1, 0.15) is 45.6 Å². The lowest BCUT2D eigenvalue weighted by atomic mass is 9.82. The van der Waals surface area contributed by atoms with Crippen molar-refractivity contribution in [3.05, 3.63) is 54.1 Å². The fourth-order valence-corrected chi connectivity index (χ4v) is 4.49. The summed E-state index contributed by atoms with van der Waals surface area (Å²) in [6.07, 6.45) is 3.34. The number of hydrogen-bond acceptors (Lipinski definition) is 4. The number of nitrogens with one attached hydrogen (secondary N) is 1. The van der Waals surface area contributed by atoms with Crippen molar-refractivity contribution in [3.8, 4) is 11.5 Å². The fraction of sp³-hybridized carbons (Fsp3) is 0.458. The molecule has 0 aliphatic carbocycles. The van der Waals surface area contributed by atoms with Crippen molar-refractivity contribution in [1.82, 2.24) is 4.31 Å². The quantitative estimate of drug-likeness (QED) is 0.667. The third-order valence-electron chi connectivity index (χ3n) is 6.17. The Hall–Kier alpha value is -2.38. The molecule has 0 spiro atoms. The molecule has 6 nitrogen and oxygen atoms in total. The van der Waals surface area contributed by atoms with E-state index in [0.29, 0.717) is 37.4 Å². The van der Waals surface area contributed by atoms with Gasteiger partial charge >= 0.3 is 0 Å². The first-order chi connectivity index (χ1) is 14.6. The molecule has 0 unspecified atom stereocenters. The second-order valence-electron chi connectivity index (χ2n) is 8.81. The molecule has 1 aliphatic rings. The van der Waals surface area contributed by atoms with Crippen LogP contribution in [0.2, 0.25) is 0 Å². The van der Waals surface area contributed by atoms with Gasteiger partial charge in [-0.3, -0.25) is 4.79 Å². The maximum absolute atomic E-state index is 12.5. The van der Waals surface area contributed by atoms with Gasteiger partial charge in [-0.15, -0.1) is 0 Å². The van der Waals surface area contributed by atoms with E-state index in [0.717, 1.165) is 12.2 Å². The van der Waals surface area contributed by atoms with E-state index in [-0.39, 0.29) is 17.2 Å². The van der Waals surface area contributed by atoms with Gasteiger partial charge < -0.3 is 10.1 Å². The summed E-state index contributed by atoms with van der Waals surface area (Å²) in [5, 5.41) is 2.92. The SMILES string of the molecule is CCC(C)(C)c1ccc(Oc2ccc(NC(=O)C3CCN(S(C)(=O)=O)CC3)cc2)cc1. The Morgan fingerprint density at radius 2 is 1.55 bits per heavy atom. The molecule has 0 saturated carbocycles. The number of anilines is 1. The van der Waals surface area contributed by atoms with Crippen LogP contribution in [0.25, 0.3) is 0 Å². The summed E-state index contributed by atoms with van der Waals surface area (Å²) in [7, 11) is -3.19. The molecule has 7 heteroatoms. The number of rotatable bonds is 7. The molecule has 168 valence electrons. The van der Waals surface area contributed by atoms with Gasteiger partial charge in [-0.05, 0) is 66.6 Å². The molecular formula is C24H32N2O4S. The number of ether oxygens (including phenoxy) is 1. The molecule has 1 amide bonds. The number of benzene rings is 2. The second-order valence-corrected chi connectivity index (χ2v) is 10.8. The first kappa shape index (κ1) is 23.3. The topological polar surface area (TPSA) is 75.7 Å². The Labute approximate surface area is 185 Å². The highest BCUT2D eigenvalue weighted by Crippen LogP contribution is 2.30. The van der Waals surface area contributed by atoms with E-state index < -0.39 is 10.0 Å². The summed E-state index contributed by atoms with van der Waals surface area (Å²) in [6.45, 7) is 7.41. The van der Waals surface area contributed by atoms with E-state index in [4.69, 9.17) is 4.74 Å². The van der Waals surface area contributed by atoms with Crippen LogP contribution < -0.4 is 10.1 Å². The number of amides is 1. The van der Waals surface area contributed by atoms with Gasteiger partial charge in [0.05, 0.1) is 6.26 Å². The first-order valence-corrected chi connectivity index (χ1v) is 12.6. The standard InChI is InChI=1S/C24H32N2O4S/c1-5-24(2,3)19-6-10-21(11-7-19)30-22-12-8-20(9-13-22)25-23(27)18-14-16-26(17-15-18)31(4,28)29/h6-13,18H,5,14-17H2,1-4H3,(H,25,27). The molecule has 1 saturated heterocycles. The van der Waals surface area contributed by atoms with Crippen LogP contribution in [0.4, 0.5) is 5.69 Å². The van der Waals surface area contributed by atoms with Crippen LogP contribution in [0.3, 0.4) is 0 Å². The van der Waals surface area contributed by atoms with E-state index in [9.17, 15) is 13.2 Å². The summed E-state index contributed by atoms with van der Waals surface area (Å²) < 4.78 is 30.6. The number of carbonyl (C=O) groups is 1. The minimum Gasteiger partial charge on any atom is -0.457 e. The monoisotopic (exact) mass is 444 g/mol. The Morgan fingerprint density at radius 3 is 2.03 bits per heavy atom. The Bertz CT molecular complexity index is 991. The van der Waals surface area contributed by atoms with Crippen molar-refractivity contribution in [1.29, 1.82) is 0 Å². The van der Waals surface area contributed by atoms with Gasteiger partial charge in [0.1, 0.15) is 11.5 Å². The van der Waals surface area contributed by atoms with Gasteiger partial charge in [0.15, 0.2) is 0 Å². The molecule has 1 aliphatic heterocycles. The molecule has 3 rings (SSSR count). The number of piperidine rings is 1. The van der Waals surface area contributed by atoms with Crippen LogP contribution in [0.5, 0.6) is 11.5 Å². The lowest BCUT2D eigenvalue weighted by Crippen LogP contribution is -2.40. The smallest absolute Gasteiger partial charge is 0.227 e. The van der Waals surface area contributed by atoms with Crippen molar-refractivity contribution in [3.63, 3.8) is 0 Å². The first-order valence-electron chi connectivity index (χ1n) is 10.7. The molecule has 0 bridgehead atoms. The number of nitrogens with zero attached hydrogens (tertiary/aromatic N) is 1. The molecule has 2 aromatic carbocycles. The third-order valence-corrected chi connectivity index (χ3v) is 7.47. The average Bonchev–Trinajstić information content (AvgIpc) is 2.75. The van der Waals surface area contributed by atoms with E-state index in [1.807, 2.05) is 36.4 Å². The van der Waals surface area contributed by atoms with Gasteiger partial charge in [0, 0.05) is 24.7 Å². The summed E-state index contributed by atoms with van der Waals surface area (Å²) in [5.41, 5.74) is 2.12. The van der Waals surface area contributed by atoms with Crippen LogP contribution in [-0.2, 0) is 20.2 Å². The van der Waals surface area contributed by atoms with Crippen molar-refractivity contribution < 1.29 is 17.9 Å². The largest absolute Gasteiger partial charge is 0.457 e. The maximum atomic E-state index is 12.5. The highest BCUT2D eigenvalue weighted by atomic mass is 32.2. The van der Waals surface area contributed by atoms with E-state index in [1.165, 1.54) is 16.1 Å². The predicted octanol–water partition coefficient (Wildman–Crippen LogP) is 4.78. The molecule has 1 fully saturated rings. The third kappa shape index (κ3) is 6.08. The van der Waals surface area contributed by atoms with Crippen molar-refractivity contribution >= 4 is 21.6 Å². The zero-order chi connectivity index (χ0) is 22.6. The molecule has 0 aromatic heterocycles. The molecule has 0 radical (unpaired) electrons. The lowest BCUT2D eigenvalue weighted by Gasteiger charge is -2.29. The summed E-state index contributed by atoms with van der Waals surface area (Å²) in [4.78, 5) is 12.5. The van der Waals surface area contributed by atoms with Crippen molar-refractivity contribution in [2.45, 2.75) is 45.4 Å². The lowest BCUT2D eigenvalue weighted by molar-refractivity contribution is -0.120. The zero-order valence-electron chi connectivity index (χ0n) is 18.7. The van der Waals surface area contributed by atoms with E-state index in [1.54, 1.807) is 0 Å². The number of hydrogen-bond donors (Lipinski definition) is 1. The molecule has 1 N–H and O–H groups in total. The second kappa shape index (κ2) is 9.40. The van der Waals surface area contributed by atoms with E-state index in [2.05, 4.69) is 38.2 Å². The van der Waals surface area contributed by atoms with Crippen LogP contribution >= 0.6 is 0 Å². The molecule has 0 atom stereocenters. The van der Waals surface area contributed by atoms with Gasteiger partial charge in [-0.2, -0.15) is 0 Å². The van der Waals surface area contributed by atoms with Crippen molar-refractivity contribution in [2.24, 2.45) is 5.92 Å². The van der Waals surface area contributed by atoms with Gasteiger partial charge in [-0.25, -0.2) is 12.7 Å². The Morgan fingerprint density at radius 1 is 1.03 bits per heavy atom. The number of carbonyl (C=O) groups excluding carboxylic acids is 1. The summed E-state index contributed by atoms with van der Waals surface area (Å²) in [6, 6.07) is 15.4. The molecular weight excluding hydrogens is 412 g/mol. The Kier molecular flexibility index (Phi) is 7.06. The fourth-order valence-electron chi connectivity index (χ4n) is 3.61. The predicted molar refractivity (Wildman–Crippen MR) is 124 cm³/mol. The van der Waals surface area contributed by atoms with Crippen LogP contribution in [-0.4, -0.2) is 38.0 Å². The van der Waals surface area contributed by atoms with Gasteiger partial charge in [0.2, 0.25) is 15.9 Å². The molecule has 2 aromatic rings. The molecule has 31 heavy (non-hydrogen) atoms. The summed E-state index contributed by atoms with van der Waals surface area (Å²) >= 11 is 0. The zero-order valence-corrected chi connectivity index (χ0v) is 19.5. The Balaban J connectivity index is 1.54. The normalized spacial score (nSPS) is 16.1. The van der Waals surface area contributed by atoms with E-state index >= 15 is 0 Å². The minimum absolute atomic E-state index is 0.0732. The highest BCUT2D eigenvalue weighted by Gasteiger charge is 2.28. The van der Waals surface area contributed by atoms with Crippen LogP contribution in [0, 0.1) is 5.92 Å². The van der Waals surface area contributed by atoms with Crippen LogP contribution in [0.15, 0.2) is 48.5 Å². The van der Waals surface area contributed by atoms with Gasteiger partial charge in [0.25, 0.3) is 0 Å². The average molecular weight is 445 g/mol.